The van der Waals surface area contributed by atoms with Gasteiger partial charge in [-0.2, -0.15) is 0 Å². The Hall–Kier alpha value is -1.14. The predicted molar refractivity (Wildman–Crippen MR) is 52.0 cm³/mol. The van der Waals surface area contributed by atoms with Crippen molar-refractivity contribution in [3.05, 3.63) is 18.5 Å². The quantitative estimate of drug-likeness (QED) is 0.746. The van der Waals surface area contributed by atoms with E-state index in [1.54, 1.807) is 0 Å². The molecule has 2 rings (SSSR count). The first-order valence-corrected chi connectivity index (χ1v) is 5.80. The van der Waals surface area contributed by atoms with E-state index in [1.165, 1.54) is 18.5 Å². The van der Waals surface area contributed by atoms with Crippen molar-refractivity contribution in [2.45, 2.75) is 23.8 Å². The summed E-state index contributed by atoms with van der Waals surface area (Å²) in [6, 6.07) is 1.56. The van der Waals surface area contributed by atoms with E-state index in [-0.39, 0.29) is 16.6 Å². The number of nitrogens with two attached hydrogens (primary N) is 1. The van der Waals surface area contributed by atoms with Gasteiger partial charge >= 0.3 is 0 Å². The average molecular weight is 213 g/mol. The second-order valence-electron chi connectivity index (χ2n) is 3.31. The van der Waals surface area contributed by atoms with Crippen molar-refractivity contribution >= 4 is 15.7 Å². The molecule has 6 heteroatoms. The fourth-order valence-corrected chi connectivity index (χ4v) is 2.48. The fourth-order valence-electron chi connectivity index (χ4n) is 1.10. The molecule has 0 aromatic carbocycles. The van der Waals surface area contributed by atoms with Crippen LogP contribution >= 0.6 is 0 Å². The lowest BCUT2D eigenvalue weighted by Crippen LogP contribution is -2.26. The minimum Gasteiger partial charge on any atom is -0.398 e. The van der Waals surface area contributed by atoms with Crippen molar-refractivity contribution in [2.24, 2.45) is 0 Å². The molecule has 1 heterocycles. The van der Waals surface area contributed by atoms with Crippen LogP contribution in [0.4, 0.5) is 5.69 Å². The molecule has 1 aliphatic rings. The van der Waals surface area contributed by atoms with Crippen molar-refractivity contribution in [3.63, 3.8) is 0 Å². The van der Waals surface area contributed by atoms with Crippen molar-refractivity contribution in [1.29, 1.82) is 0 Å². The maximum absolute atomic E-state index is 11.7. The molecule has 0 unspecified atom stereocenters. The highest BCUT2D eigenvalue weighted by molar-refractivity contribution is 7.89. The molecule has 1 fully saturated rings. The summed E-state index contributed by atoms with van der Waals surface area (Å²) in [5.41, 5.74) is 5.77. The number of rotatable bonds is 3. The molecular weight excluding hydrogens is 202 g/mol. The van der Waals surface area contributed by atoms with Crippen LogP contribution in [0.15, 0.2) is 23.4 Å². The smallest absolute Gasteiger partial charge is 0.244 e. The van der Waals surface area contributed by atoms with Crippen molar-refractivity contribution < 1.29 is 8.42 Å². The average Bonchev–Trinajstić information content (AvgIpc) is 2.88. The van der Waals surface area contributed by atoms with E-state index < -0.39 is 10.0 Å². The zero-order chi connectivity index (χ0) is 10.2. The lowest BCUT2D eigenvalue weighted by Gasteiger charge is -2.06. The molecule has 0 bridgehead atoms. The van der Waals surface area contributed by atoms with E-state index in [0.717, 1.165) is 12.8 Å². The molecule has 1 aliphatic carbocycles. The van der Waals surface area contributed by atoms with Crippen LogP contribution in [0.3, 0.4) is 0 Å². The maximum Gasteiger partial charge on any atom is 0.244 e. The number of nitrogen functional groups attached to an aromatic ring is 1. The lowest BCUT2D eigenvalue weighted by atomic mass is 10.4. The molecule has 1 saturated carbocycles. The first kappa shape index (κ1) is 9.42. The van der Waals surface area contributed by atoms with Gasteiger partial charge in [-0.25, -0.2) is 13.1 Å². The number of nitrogens with zero attached hydrogens (tertiary/aromatic N) is 1. The summed E-state index contributed by atoms with van der Waals surface area (Å²) >= 11 is 0. The van der Waals surface area contributed by atoms with E-state index in [0.29, 0.717) is 0 Å². The molecule has 3 N–H and O–H groups in total. The summed E-state index contributed by atoms with van der Waals surface area (Å²) in [5.74, 6) is 0. The summed E-state index contributed by atoms with van der Waals surface area (Å²) in [7, 11) is -3.47. The van der Waals surface area contributed by atoms with Gasteiger partial charge in [-0.05, 0) is 18.9 Å². The molecular formula is C8H11N3O2S. The van der Waals surface area contributed by atoms with Gasteiger partial charge < -0.3 is 5.73 Å². The van der Waals surface area contributed by atoms with E-state index in [1.807, 2.05) is 0 Å². The number of pyridine rings is 1. The van der Waals surface area contributed by atoms with Crippen LogP contribution < -0.4 is 10.5 Å². The summed E-state index contributed by atoms with van der Waals surface area (Å²) in [4.78, 5) is 3.80. The second-order valence-corrected chi connectivity index (χ2v) is 4.99. The molecule has 14 heavy (non-hydrogen) atoms. The highest BCUT2D eigenvalue weighted by atomic mass is 32.2. The monoisotopic (exact) mass is 213 g/mol. The van der Waals surface area contributed by atoms with Crippen LogP contribution in [0.1, 0.15) is 12.8 Å². The molecule has 1 aromatic rings. The predicted octanol–water partition coefficient (Wildman–Crippen LogP) is 0.104. The first-order chi connectivity index (χ1) is 6.59. The van der Waals surface area contributed by atoms with Crippen LogP contribution in [-0.4, -0.2) is 19.4 Å². The fraction of sp³-hybridized carbons (Fsp3) is 0.375. The summed E-state index contributed by atoms with van der Waals surface area (Å²) in [6.07, 6.45) is 4.53. The molecule has 1 aromatic heterocycles. The normalized spacial score (nSPS) is 16.9. The van der Waals surface area contributed by atoms with Crippen LogP contribution in [0, 0.1) is 0 Å². The summed E-state index contributed by atoms with van der Waals surface area (Å²) in [6.45, 7) is 0. The van der Waals surface area contributed by atoms with Crippen molar-refractivity contribution in [3.8, 4) is 0 Å². The summed E-state index contributed by atoms with van der Waals surface area (Å²) in [5, 5.41) is 0. The Morgan fingerprint density at radius 2 is 2.21 bits per heavy atom. The first-order valence-electron chi connectivity index (χ1n) is 4.31. The number of nitrogens with one attached hydrogen (secondary N) is 1. The highest BCUT2D eigenvalue weighted by Crippen LogP contribution is 2.23. The van der Waals surface area contributed by atoms with Gasteiger partial charge in [0.1, 0.15) is 4.90 Å². The van der Waals surface area contributed by atoms with Crippen molar-refractivity contribution in [2.75, 3.05) is 5.73 Å². The van der Waals surface area contributed by atoms with Gasteiger partial charge in [-0.1, -0.05) is 0 Å². The molecule has 0 amide bonds. The van der Waals surface area contributed by atoms with Gasteiger partial charge in [0.05, 0.1) is 5.69 Å². The highest BCUT2D eigenvalue weighted by Gasteiger charge is 2.28. The lowest BCUT2D eigenvalue weighted by molar-refractivity contribution is 0.581. The van der Waals surface area contributed by atoms with E-state index >= 15 is 0 Å². The van der Waals surface area contributed by atoms with Crippen molar-refractivity contribution in [1.82, 2.24) is 9.71 Å². The zero-order valence-electron chi connectivity index (χ0n) is 7.47. The van der Waals surface area contributed by atoms with Crippen LogP contribution in [-0.2, 0) is 10.0 Å². The minimum absolute atomic E-state index is 0.0619. The van der Waals surface area contributed by atoms with Gasteiger partial charge in [0.25, 0.3) is 0 Å². The third kappa shape index (κ3) is 1.85. The number of sulfonamides is 1. The van der Waals surface area contributed by atoms with Gasteiger partial charge in [-0.15, -0.1) is 0 Å². The van der Waals surface area contributed by atoms with E-state index in [9.17, 15) is 8.42 Å². The van der Waals surface area contributed by atoms with Crippen LogP contribution in [0.2, 0.25) is 0 Å². The maximum atomic E-state index is 11.7. The third-order valence-electron chi connectivity index (χ3n) is 2.01. The van der Waals surface area contributed by atoms with E-state index in [4.69, 9.17) is 5.73 Å². The van der Waals surface area contributed by atoms with Gasteiger partial charge in [0.2, 0.25) is 10.0 Å². The van der Waals surface area contributed by atoms with Gasteiger partial charge in [0, 0.05) is 18.4 Å². The Bertz CT molecular complexity index is 440. The Morgan fingerprint density at radius 1 is 1.50 bits per heavy atom. The van der Waals surface area contributed by atoms with Crippen LogP contribution in [0.25, 0.3) is 0 Å². The Morgan fingerprint density at radius 3 is 2.79 bits per heavy atom. The topological polar surface area (TPSA) is 85.1 Å². The van der Waals surface area contributed by atoms with E-state index in [2.05, 4.69) is 9.71 Å². The Balaban J connectivity index is 2.33. The Labute approximate surface area is 82.4 Å². The van der Waals surface area contributed by atoms with Gasteiger partial charge in [0.15, 0.2) is 0 Å². The molecule has 0 aliphatic heterocycles. The third-order valence-corrected chi connectivity index (χ3v) is 3.57. The number of aromatic nitrogens is 1. The summed E-state index contributed by atoms with van der Waals surface area (Å²) < 4.78 is 25.9. The largest absolute Gasteiger partial charge is 0.398 e. The molecule has 0 atom stereocenters. The molecule has 76 valence electrons. The zero-order valence-corrected chi connectivity index (χ0v) is 8.29. The standard InChI is InChI=1S/C8H11N3O2S/c9-7-3-4-10-5-8(7)14(12,13)11-6-1-2-6/h3-6,11H,1-2H2,(H2,9,10). The van der Waals surface area contributed by atoms with Crippen LogP contribution in [0.5, 0.6) is 0 Å². The Kier molecular flexibility index (Phi) is 2.16. The molecule has 0 radical (unpaired) electrons. The molecule has 0 spiro atoms. The number of hydrogen-bond donors (Lipinski definition) is 2. The molecule has 0 saturated heterocycles. The SMILES string of the molecule is Nc1ccncc1S(=O)(=O)NC1CC1. The number of hydrogen-bond acceptors (Lipinski definition) is 4. The second kappa shape index (κ2) is 3.21. The van der Waals surface area contributed by atoms with Gasteiger partial charge in [-0.3, -0.25) is 4.98 Å². The minimum atomic E-state index is -3.47. The molecule has 5 nitrogen and oxygen atoms in total. The number of anilines is 1.